The summed E-state index contributed by atoms with van der Waals surface area (Å²) in [6.07, 6.45) is 9.49. The summed E-state index contributed by atoms with van der Waals surface area (Å²) < 4.78 is 19.8. The third kappa shape index (κ3) is 7.68. The number of unbranched alkanes of at least 4 members (excludes halogenated alkanes) is 3. The Morgan fingerprint density at radius 3 is 2.62 bits per heavy atom. The molecule has 0 aliphatic rings. The number of halogens is 1. The highest BCUT2D eigenvalue weighted by atomic mass is 19.1. The molecular formula is C24H30FNO3. The van der Waals surface area contributed by atoms with Crippen LogP contribution in [0.1, 0.15) is 64.0 Å². The van der Waals surface area contributed by atoms with E-state index in [1.54, 1.807) is 18.3 Å². The fourth-order valence-electron chi connectivity index (χ4n) is 2.98. The van der Waals surface area contributed by atoms with Crippen LogP contribution in [-0.4, -0.2) is 21.7 Å². The van der Waals surface area contributed by atoms with Gasteiger partial charge in [-0.3, -0.25) is 9.78 Å². The summed E-state index contributed by atoms with van der Waals surface area (Å²) in [4.78, 5) is 15.9. The molecule has 1 aromatic carbocycles. The standard InChI is InChI=1S/C24H30FNO3/c1-17-14-19(27)12-13-20(17)23-21(25)15-18(16-26-23)10-8-6-5-7-9-11-22(28)29-24(2,3)4/h8,10,12-16,27H,5-7,9,11H2,1-4H3. The van der Waals surface area contributed by atoms with E-state index in [0.29, 0.717) is 17.5 Å². The summed E-state index contributed by atoms with van der Waals surface area (Å²) in [5.74, 6) is -0.394. The van der Waals surface area contributed by atoms with E-state index in [9.17, 15) is 14.3 Å². The van der Waals surface area contributed by atoms with E-state index < -0.39 is 11.4 Å². The summed E-state index contributed by atoms with van der Waals surface area (Å²) in [6.45, 7) is 7.41. The molecule has 1 heterocycles. The van der Waals surface area contributed by atoms with Crippen LogP contribution in [0.25, 0.3) is 17.3 Å². The summed E-state index contributed by atoms with van der Waals surface area (Å²) in [6, 6.07) is 6.25. The number of aromatic hydroxyl groups is 1. The van der Waals surface area contributed by atoms with E-state index in [0.717, 1.165) is 31.2 Å². The number of phenols is 1. The molecule has 156 valence electrons. The van der Waals surface area contributed by atoms with Gasteiger partial charge in [0.05, 0.1) is 0 Å². The number of nitrogens with zero attached hydrogens (tertiary/aromatic N) is 1. The van der Waals surface area contributed by atoms with Gasteiger partial charge in [-0.15, -0.1) is 0 Å². The van der Waals surface area contributed by atoms with Gasteiger partial charge in [-0.05, 0) is 82.3 Å². The van der Waals surface area contributed by atoms with Gasteiger partial charge < -0.3 is 9.84 Å². The Balaban J connectivity index is 1.80. The molecule has 0 saturated carbocycles. The van der Waals surface area contributed by atoms with Crippen LogP contribution >= 0.6 is 0 Å². The van der Waals surface area contributed by atoms with Gasteiger partial charge in [-0.1, -0.05) is 18.6 Å². The fourth-order valence-corrected chi connectivity index (χ4v) is 2.98. The van der Waals surface area contributed by atoms with Gasteiger partial charge in [-0.2, -0.15) is 0 Å². The Kier molecular flexibility index (Phi) is 7.94. The van der Waals surface area contributed by atoms with Crippen LogP contribution in [0.15, 0.2) is 36.5 Å². The Morgan fingerprint density at radius 2 is 1.97 bits per heavy atom. The molecule has 5 heteroatoms. The van der Waals surface area contributed by atoms with E-state index >= 15 is 0 Å². The second-order valence-corrected chi connectivity index (χ2v) is 8.19. The average molecular weight is 400 g/mol. The molecule has 0 unspecified atom stereocenters. The van der Waals surface area contributed by atoms with Crippen molar-refractivity contribution in [3.63, 3.8) is 0 Å². The number of phenolic OH excluding ortho intramolecular Hbond substituents is 1. The molecule has 2 aromatic rings. The summed E-state index contributed by atoms with van der Waals surface area (Å²) in [5, 5.41) is 9.50. The smallest absolute Gasteiger partial charge is 0.306 e. The number of carbonyl (C=O) groups is 1. The molecular weight excluding hydrogens is 369 g/mol. The quantitative estimate of drug-likeness (QED) is 0.424. The third-order valence-corrected chi connectivity index (χ3v) is 4.31. The number of carbonyl (C=O) groups excluding carboxylic acids is 1. The molecule has 0 radical (unpaired) electrons. The maximum absolute atomic E-state index is 14.5. The lowest BCUT2D eigenvalue weighted by molar-refractivity contribution is -0.154. The molecule has 0 amide bonds. The van der Waals surface area contributed by atoms with E-state index in [-0.39, 0.29) is 17.4 Å². The van der Waals surface area contributed by atoms with Gasteiger partial charge in [-0.25, -0.2) is 4.39 Å². The number of esters is 1. The fraction of sp³-hybridized carbons (Fsp3) is 0.417. The number of aromatic nitrogens is 1. The lowest BCUT2D eigenvalue weighted by Gasteiger charge is -2.19. The van der Waals surface area contributed by atoms with Crippen molar-refractivity contribution in [2.75, 3.05) is 0 Å². The highest BCUT2D eigenvalue weighted by Gasteiger charge is 2.15. The van der Waals surface area contributed by atoms with E-state index in [1.807, 2.05) is 39.8 Å². The van der Waals surface area contributed by atoms with Crippen molar-refractivity contribution in [1.82, 2.24) is 4.98 Å². The number of hydrogen-bond acceptors (Lipinski definition) is 4. The first-order chi connectivity index (χ1) is 13.7. The number of aryl methyl sites for hydroxylation is 1. The predicted octanol–water partition coefficient (Wildman–Crippen LogP) is 6.21. The lowest BCUT2D eigenvalue weighted by atomic mass is 10.0. The third-order valence-electron chi connectivity index (χ3n) is 4.31. The molecule has 0 saturated heterocycles. The minimum atomic E-state index is -0.431. The zero-order valence-corrected chi connectivity index (χ0v) is 17.7. The van der Waals surface area contributed by atoms with Crippen LogP contribution in [0.2, 0.25) is 0 Å². The van der Waals surface area contributed by atoms with Crippen molar-refractivity contribution in [1.29, 1.82) is 0 Å². The zero-order chi connectivity index (χ0) is 21.4. The van der Waals surface area contributed by atoms with Gasteiger partial charge in [0.1, 0.15) is 22.9 Å². The van der Waals surface area contributed by atoms with Gasteiger partial charge in [0.25, 0.3) is 0 Å². The van der Waals surface area contributed by atoms with Gasteiger partial charge in [0, 0.05) is 18.2 Å². The zero-order valence-electron chi connectivity index (χ0n) is 17.7. The van der Waals surface area contributed by atoms with Gasteiger partial charge >= 0.3 is 5.97 Å². The molecule has 0 aliphatic heterocycles. The molecule has 0 aliphatic carbocycles. The summed E-state index contributed by atoms with van der Waals surface area (Å²) in [5.41, 5.74) is 1.99. The van der Waals surface area contributed by atoms with Crippen LogP contribution in [0.4, 0.5) is 4.39 Å². The van der Waals surface area contributed by atoms with Crippen molar-refractivity contribution in [3.8, 4) is 17.0 Å². The van der Waals surface area contributed by atoms with Gasteiger partial charge in [0.2, 0.25) is 0 Å². The maximum atomic E-state index is 14.5. The lowest BCUT2D eigenvalue weighted by Crippen LogP contribution is -2.23. The number of benzene rings is 1. The van der Waals surface area contributed by atoms with Crippen LogP contribution in [0, 0.1) is 12.7 Å². The Morgan fingerprint density at radius 1 is 1.21 bits per heavy atom. The van der Waals surface area contributed by atoms with E-state index in [4.69, 9.17) is 4.74 Å². The van der Waals surface area contributed by atoms with E-state index in [1.165, 1.54) is 12.1 Å². The normalized spacial score (nSPS) is 11.8. The predicted molar refractivity (Wildman–Crippen MR) is 114 cm³/mol. The molecule has 4 nitrogen and oxygen atoms in total. The second kappa shape index (κ2) is 10.2. The highest BCUT2D eigenvalue weighted by molar-refractivity contribution is 5.69. The maximum Gasteiger partial charge on any atom is 0.306 e. The van der Waals surface area contributed by atoms with E-state index in [2.05, 4.69) is 4.98 Å². The first kappa shape index (κ1) is 22.6. The first-order valence-corrected chi connectivity index (χ1v) is 9.99. The topological polar surface area (TPSA) is 59.4 Å². The summed E-state index contributed by atoms with van der Waals surface area (Å²) in [7, 11) is 0. The van der Waals surface area contributed by atoms with Crippen molar-refractivity contribution in [2.45, 2.75) is 65.4 Å². The highest BCUT2D eigenvalue weighted by Crippen LogP contribution is 2.27. The van der Waals surface area contributed by atoms with Crippen molar-refractivity contribution in [3.05, 3.63) is 53.5 Å². The number of rotatable bonds is 8. The first-order valence-electron chi connectivity index (χ1n) is 9.99. The Labute approximate surface area is 172 Å². The Hall–Kier alpha value is -2.69. The number of hydrogen-bond donors (Lipinski definition) is 1. The monoisotopic (exact) mass is 399 g/mol. The van der Waals surface area contributed by atoms with Crippen molar-refractivity contribution in [2.24, 2.45) is 0 Å². The minimum absolute atomic E-state index is 0.150. The van der Waals surface area contributed by atoms with Gasteiger partial charge in [0.15, 0.2) is 0 Å². The van der Waals surface area contributed by atoms with Crippen molar-refractivity contribution >= 4 is 12.0 Å². The van der Waals surface area contributed by atoms with Crippen molar-refractivity contribution < 1.29 is 19.0 Å². The van der Waals surface area contributed by atoms with Crippen LogP contribution < -0.4 is 0 Å². The molecule has 0 spiro atoms. The molecule has 1 aromatic heterocycles. The molecule has 0 fully saturated rings. The molecule has 2 rings (SSSR count). The Bertz CT molecular complexity index is 869. The van der Waals surface area contributed by atoms with Crippen LogP contribution in [0.5, 0.6) is 5.75 Å². The van der Waals surface area contributed by atoms with Crippen LogP contribution in [-0.2, 0) is 9.53 Å². The molecule has 1 N–H and O–H groups in total. The largest absolute Gasteiger partial charge is 0.508 e. The molecule has 0 bridgehead atoms. The molecule has 29 heavy (non-hydrogen) atoms. The number of allylic oxidation sites excluding steroid dienone is 1. The second-order valence-electron chi connectivity index (χ2n) is 8.19. The molecule has 0 atom stereocenters. The minimum Gasteiger partial charge on any atom is -0.508 e. The SMILES string of the molecule is Cc1cc(O)ccc1-c1ncc(C=CCCCCCC(=O)OC(C)(C)C)cc1F. The van der Waals surface area contributed by atoms with Crippen LogP contribution in [0.3, 0.4) is 0 Å². The number of pyridine rings is 1. The number of ether oxygens (including phenoxy) is 1. The average Bonchev–Trinajstić information content (AvgIpc) is 2.60. The summed E-state index contributed by atoms with van der Waals surface area (Å²) >= 11 is 0.